The third-order valence-electron chi connectivity index (χ3n) is 2.73. The van der Waals surface area contributed by atoms with E-state index in [4.69, 9.17) is 4.42 Å². The number of aryl methyl sites for hydroxylation is 1. The summed E-state index contributed by atoms with van der Waals surface area (Å²) >= 11 is 0. The van der Waals surface area contributed by atoms with Crippen LogP contribution in [-0.2, 0) is 6.42 Å². The van der Waals surface area contributed by atoms with Gasteiger partial charge in [0.2, 0.25) is 0 Å². The van der Waals surface area contributed by atoms with Crippen molar-refractivity contribution in [3.63, 3.8) is 0 Å². The minimum atomic E-state index is 0.301. The molecule has 2 heteroatoms. The van der Waals surface area contributed by atoms with Gasteiger partial charge >= 0.3 is 0 Å². The van der Waals surface area contributed by atoms with Gasteiger partial charge < -0.3 is 9.52 Å². The van der Waals surface area contributed by atoms with Gasteiger partial charge in [0.05, 0.1) is 5.39 Å². The quantitative estimate of drug-likeness (QED) is 0.806. The number of hydrogen-bond donors (Lipinski definition) is 1. The molecule has 0 amide bonds. The Morgan fingerprint density at radius 2 is 2.07 bits per heavy atom. The van der Waals surface area contributed by atoms with Crippen LogP contribution in [0.2, 0.25) is 0 Å². The Hall–Kier alpha value is -1.44. The van der Waals surface area contributed by atoms with Crippen molar-refractivity contribution in [2.75, 3.05) is 0 Å². The van der Waals surface area contributed by atoms with Crippen LogP contribution in [0.25, 0.3) is 11.0 Å². The van der Waals surface area contributed by atoms with Crippen LogP contribution >= 0.6 is 0 Å². The molecule has 0 aliphatic carbocycles. The second kappa shape index (κ2) is 3.61. The number of furan rings is 1. The fourth-order valence-electron chi connectivity index (χ4n) is 1.87. The fourth-order valence-corrected chi connectivity index (χ4v) is 1.87. The zero-order valence-electron chi connectivity index (χ0n) is 9.37. The van der Waals surface area contributed by atoms with Crippen molar-refractivity contribution in [3.05, 3.63) is 29.5 Å². The zero-order valence-corrected chi connectivity index (χ0v) is 9.37. The lowest BCUT2D eigenvalue weighted by molar-refractivity contribution is 0.443. The van der Waals surface area contributed by atoms with Crippen molar-refractivity contribution in [2.24, 2.45) is 0 Å². The summed E-state index contributed by atoms with van der Waals surface area (Å²) in [5.41, 5.74) is 1.99. The van der Waals surface area contributed by atoms with E-state index in [1.54, 1.807) is 0 Å². The summed E-state index contributed by atoms with van der Waals surface area (Å²) in [7, 11) is 0. The summed E-state index contributed by atoms with van der Waals surface area (Å²) in [6.07, 6.45) is 0.720. The van der Waals surface area contributed by atoms with E-state index in [-0.39, 0.29) is 0 Å². The number of benzene rings is 1. The lowest BCUT2D eigenvalue weighted by atomic mass is 10.0. The summed E-state index contributed by atoms with van der Waals surface area (Å²) in [5, 5.41) is 10.7. The van der Waals surface area contributed by atoms with Crippen LogP contribution < -0.4 is 0 Å². The van der Waals surface area contributed by atoms with E-state index in [9.17, 15) is 5.11 Å². The Bertz CT molecular complexity index is 480. The molecule has 1 aromatic heterocycles. The maximum Gasteiger partial charge on any atom is 0.165 e. The molecule has 0 aliphatic rings. The molecule has 2 aromatic rings. The molecule has 0 saturated carbocycles. The standard InChI is InChI=1S/C13H16O2/c1-4-11-12(14)10-7-5-6-9(8(2)3)13(10)15-11/h5-8,14H,4H2,1-3H3. The fraction of sp³-hybridized carbons (Fsp3) is 0.385. The van der Waals surface area contributed by atoms with Gasteiger partial charge in [-0.3, -0.25) is 0 Å². The van der Waals surface area contributed by atoms with Crippen LogP contribution in [0.4, 0.5) is 0 Å². The van der Waals surface area contributed by atoms with E-state index in [1.807, 2.05) is 19.1 Å². The molecule has 80 valence electrons. The van der Waals surface area contributed by atoms with Crippen molar-refractivity contribution in [1.82, 2.24) is 0 Å². The summed E-state index contributed by atoms with van der Waals surface area (Å²) in [6, 6.07) is 5.92. The Morgan fingerprint density at radius 1 is 1.33 bits per heavy atom. The molecule has 15 heavy (non-hydrogen) atoms. The molecule has 0 unspecified atom stereocenters. The second-order valence-corrected chi connectivity index (χ2v) is 4.11. The third kappa shape index (κ3) is 1.50. The van der Waals surface area contributed by atoms with Crippen LogP contribution in [0, 0.1) is 0 Å². The third-order valence-corrected chi connectivity index (χ3v) is 2.73. The van der Waals surface area contributed by atoms with Gasteiger partial charge in [0.1, 0.15) is 11.3 Å². The minimum absolute atomic E-state index is 0.301. The molecule has 2 nitrogen and oxygen atoms in total. The average molecular weight is 204 g/mol. The highest BCUT2D eigenvalue weighted by Crippen LogP contribution is 2.36. The molecule has 1 heterocycles. The zero-order chi connectivity index (χ0) is 11.0. The molecular formula is C13H16O2. The summed E-state index contributed by atoms with van der Waals surface area (Å²) in [4.78, 5) is 0. The van der Waals surface area contributed by atoms with E-state index in [2.05, 4.69) is 19.9 Å². The van der Waals surface area contributed by atoms with Crippen molar-refractivity contribution >= 4 is 11.0 Å². The van der Waals surface area contributed by atoms with Crippen molar-refractivity contribution in [3.8, 4) is 5.75 Å². The van der Waals surface area contributed by atoms with E-state index >= 15 is 0 Å². The normalized spacial score (nSPS) is 11.5. The molecule has 0 aliphatic heterocycles. The van der Waals surface area contributed by atoms with E-state index in [0.29, 0.717) is 17.4 Å². The van der Waals surface area contributed by atoms with Crippen molar-refractivity contribution in [2.45, 2.75) is 33.1 Å². The number of hydrogen-bond acceptors (Lipinski definition) is 2. The maximum atomic E-state index is 9.90. The smallest absolute Gasteiger partial charge is 0.165 e. The first-order valence-electron chi connectivity index (χ1n) is 5.38. The van der Waals surface area contributed by atoms with Crippen LogP contribution in [0.15, 0.2) is 22.6 Å². The number of fused-ring (bicyclic) bond motifs is 1. The first kappa shape index (κ1) is 10.1. The largest absolute Gasteiger partial charge is 0.504 e. The van der Waals surface area contributed by atoms with Crippen LogP contribution in [-0.4, -0.2) is 5.11 Å². The molecule has 0 fully saturated rings. The van der Waals surface area contributed by atoms with Crippen LogP contribution in [0.5, 0.6) is 5.75 Å². The first-order valence-corrected chi connectivity index (χ1v) is 5.38. The van der Waals surface area contributed by atoms with Crippen LogP contribution in [0.3, 0.4) is 0 Å². The summed E-state index contributed by atoms with van der Waals surface area (Å²) in [6.45, 7) is 6.23. The lowest BCUT2D eigenvalue weighted by Crippen LogP contribution is -1.86. The monoisotopic (exact) mass is 204 g/mol. The molecule has 0 bridgehead atoms. The van der Waals surface area contributed by atoms with Gasteiger partial charge in [0.15, 0.2) is 5.75 Å². The highest BCUT2D eigenvalue weighted by atomic mass is 16.4. The minimum Gasteiger partial charge on any atom is -0.504 e. The van der Waals surface area contributed by atoms with Gasteiger partial charge in [-0.2, -0.15) is 0 Å². The SMILES string of the molecule is CCc1oc2c(C(C)C)cccc2c1O. The van der Waals surface area contributed by atoms with E-state index in [0.717, 1.165) is 23.0 Å². The van der Waals surface area contributed by atoms with E-state index < -0.39 is 0 Å². The molecule has 0 saturated heterocycles. The Balaban J connectivity index is 2.76. The Morgan fingerprint density at radius 3 is 2.67 bits per heavy atom. The molecule has 0 spiro atoms. The van der Waals surface area contributed by atoms with Gasteiger partial charge in [0.25, 0.3) is 0 Å². The highest BCUT2D eigenvalue weighted by Gasteiger charge is 2.15. The van der Waals surface area contributed by atoms with Crippen molar-refractivity contribution < 1.29 is 9.52 Å². The summed E-state index contributed by atoms with van der Waals surface area (Å²) < 4.78 is 5.69. The maximum absolute atomic E-state index is 9.90. The molecule has 1 aromatic carbocycles. The molecule has 0 atom stereocenters. The van der Waals surface area contributed by atoms with Gasteiger partial charge in [-0.1, -0.05) is 32.9 Å². The highest BCUT2D eigenvalue weighted by molar-refractivity contribution is 5.87. The number of rotatable bonds is 2. The molecule has 0 radical (unpaired) electrons. The lowest BCUT2D eigenvalue weighted by Gasteiger charge is -2.04. The van der Waals surface area contributed by atoms with E-state index in [1.165, 1.54) is 0 Å². The average Bonchev–Trinajstić information content (AvgIpc) is 2.55. The van der Waals surface area contributed by atoms with Gasteiger partial charge in [-0.05, 0) is 17.5 Å². The first-order chi connectivity index (χ1) is 7.15. The van der Waals surface area contributed by atoms with Gasteiger partial charge in [-0.25, -0.2) is 0 Å². The molecule has 1 N–H and O–H groups in total. The Labute approximate surface area is 89.5 Å². The summed E-state index contributed by atoms with van der Waals surface area (Å²) in [5.74, 6) is 1.39. The second-order valence-electron chi connectivity index (χ2n) is 4.11. The molecule has 2 rings (SSSR count). The van der Waals surface area contributed by atoms with Crippen molar-refractivity contribution in [1.29, 1.82) is 0 Å². The Kier molecular flexibility index (Phi) is 2.43. The number of para-hydroxylation sites is 1. The predicted octanol–water partition coefficient (Wildman–Crippen LogP) is 3.82. The molecular weight excluding hydrogens is 188 g/mol. The van der Waals surface area contributed by atoms with Gasteiger partial charge in [-0.15, -0.1) is 0 Å². The topological polar surface area (TPSA) is 33.4 Å². The predicted molar refractivity (Wildman–Crippen MR) is 61.3 cm³/mol. The van der Waals surface area contributed by atoms with Gasteiger partial charge in [0, 0.05) is 6.42 Å². The van der Waals surface area contributed by atoms with Crippen LogP contribution in [0.1, 0.15) is 38.0 Å². The number of aromatic hydroxyl groups is 1.